The Labute approximate surface area is 100 Å². The Balaban J connectivity index is 2.27. The van der Waals surface area contributed by atoms with Gasteiger partial charge in [-0.1, -0.05) is 0 Å². The molecule has 0 saturated carbocycles. The molecule has 98 valence electrons. The first-order valence-electron chi connectivity index (χ1n) is 5.70. The van der Waals surface area contributed by atoms with Crippen molar-refractivity contribution in [2.75, 3.05) is 26.8 Å². The average Bonchev–Trinajstić information content (AvgIpc) is 2.76. The lowest BCUT2D eigenvalue weighted by Gasteiger charge is -2.21. The molecule has 17 heavy (non-hydrogen) atoms. The molecule has 0 aromatic carbocycles. The fraction of sp³-hybridized carbons (Fsp3) is 0.818. The third kappa shape index (κ3) is 4.70. The molecule has 1 amide bonds. The molecule has 1 N–H and O–H groups in total. The van der Waals surface area contributed by atoms with E-state index in [9.17, 15) is 9.59 Å². The molecule has 0 radical (unpaired) electrons. The minimum absolute atomic E-state index is 0.0648. The van der Waals surface area contributed by atoms with Gasteiger partial charge >= 0.3 is 5.97 Å². The normalized spacial score (nSPS) is 21.2. The minimum Gasteiger partial charge on any atom is -0.480 e. The molecule has 2 unspecified atom stereocenters. The summed E-state index contributed by atoms with van der Waals surface area (Å²) in [7, 11) is 1.45. The molecule has 1 rings (SSSR count). The Morgan fingerprint density at radius 1 is 1.59 bits per heavy atom. The zero-order valence-corrected chi connectivity index (χ0v) is 10.2. The van der Waals surface area contributed by atoms with Gasteiger partial charge in [-0.05, 0) is 19.8 Å². The summed E-state index contributed by atoms with van der Waals surface area (Å²) in [5.74, 6) is -1.36. The summed E-state index contributed by atoms with van der Waals surface area (Å²) < 4.78 is 10.7. The van der Waals surface area contributed by atoms with Crippen LogP contribution >= 0.6 is 0 Å². The molecule has 6 nitrogen and oxygen atoms in total. The number of carbonyl (C=O) groups is 2. The van der Waals surface area contributed by atoms with Crippen LogP contribution in [0.5, 0.6) is 0 Å². The third-order valence-corrected chi connectivity index (χ3v) is 2.65. The van der Waals surface area contributed by atoms with Gasteiger partial charge in [0.15, 0.2) is 0 Å². The highest BCUT2D eigenvalue weighted by Gasteiger charge is 2.22. The van der Waals surface area contributed by atoms with E-state index in [4.69, 9.17) is 14.6 Å². The summed E-state index contributed by atoms with van der Waals surface area (Å²) in [5, 5.41) is 8.56. The van der Waals surface area contributed by atoms with Crippen molar-refractivity contribution in [1.82, 2.24) is 4.90 Å². The van der Waals surface area contributed by atoms with Gasteiger partial charge in [-0.3, -0.25) is 9.59 Å². The van der Waals surface area contributed by atoms with E-state index < -0.39 is 12.1 Å². The summed E-state index contributed by atoms with van der Waals surface area (Å²) in [4.78, 5) is 23.3. The molecule has 1 aliphatic rings. The fourth-order valence-electron chi connectivity index (χ4n) is 1.69. The zero-order valence-electron chi connectivity index (χ0n) is 10.2. The number of likely N-dealkylation sites (N-methyl/N-ethyl adjacent to an activating group) is 1. The van der Waals surface area contributed by atoms with E-state index in [1.165, 1.54) is 7.05 Å². The Bertz CT molecular complexity index is 275. The largest absolute Gasteiger partial charge is 0.480 e. The fourth-order valence-corrected chi connectivity index (χ4v) is 1.69. The quantitative estimate of drug-likeness (QED) is 0.719. The molecule has 1 heterocycles. The lowest BCUT2D eigenvalue weighted by atomic mass is 10.2. The van der Waals surface area contributed by atoms with Crippen LogP contribution in [0.25, 0.3) is 0 Å². The molecular formula is C11H19NO5. The standard InChI is InChI=1S/C11H19NO5/c1-8(11(15)12(2)6-10(13)14)17-7-9-4-3-5-16-9/h8-9H,3-7H2,1-2H3,(H,13,14). The van der Waals surface area contributed by atoms with Gasteiger partial charge in [-0.15, -0.1) is 0 Å². The SMILES string of the molecule is CC(OCC1CCCO1)C(=O)N(C)CC(=O)O. The molecule has 2 atom stereocenters. The van der Waals surface area contributed by atoms with Crippen molar-refractivity contribution in [3.63, 3.8) is 0 Å². The van der Waals surface area contributed by atoms with Crippen molar-refractivity contribution in [3.05, 3.63) is 0 Å². The predicted molar refractivity (Wildman–Crippen MR) is 59.7 cm³/mol. The minimum atomic E-state index is -1.04. The van der Waals surface area contributed by atoms with E-state index in [1.54, 1.807) is 6.92 Å². The van der Waals surface area contributed by atoms with Crippen LogP contribution in [-0.4, -0.2) is 60.9 Å². The van der Waals surface area contributed by atoms with Crippen LogP contribution in [0.15, 0.2) is 0 Å². The summed E-state index contributed by atoms with van der Waals surface area (Å²) in [6.45, 7) is 2.44. The van der Waals surface area contributed by atoms with E-state index >= 15 is 0 Å². The highest BCUT2D eigenvalue weighted by molar-refractivity contribution is 5.84. The second kappa shape index (κ2) is 6.56. The van der Waals surface area contributed by atoms with E-state index in [2.05, 4.69) is 0 Å². The average molecular weight is 245 g/mol. The molecular weight excluding hydrogens is 226 g/mol. The number of hydrogen-bond donors (Lipinski definition) is 1. The number of carboxylic acid groups (broad SMARTS) is 1. The van der Waals surface area contributed by atoms with Crippen LogP contribution in [0, 0.1) is 0 Å². The molecule has 0 aliphatic carbocycles. The summed E-state index contributed by atoms with van der Waals surface area (Å²) in [5.41, 5.74) is 0. The number of nitrogens with zero attached hydrogens (tertiary/aromatic N) is 1. The van der Waals surface area contributed by atoms with Crippen molar-refractivity contribution in [2.24, 2.45) is 0 Å². The number of ether oxygens (including phenoxy) is 2. The smallest absolute Gasteiger partial charge is 0.323 e. The Hall–Kier alpha value is -1.14. The van der Waals surface area contributed by atoms with Gasteiger partial charge in [-0.2, -0.15) is 0 Å². The van der Waals surface area contributed by atoms with Crippen molar-refractivity contribution in [1.29, 1.82) is 0 Å². The Morgan fingerprint density at radius 3 is 2.82 bits per heavy atom. The Kier molecular flexibility index (Phi) is 5.37. The molecule has 1 saturated heterocycles. The summed E-state index contributed by atoms with van der Waals surface area (Å²) >= 11 is 0. The predicted octanol–water partition coefficient (Wildman–Crippen LogP) is 0.114. The monoisotopic (exact) mass is 245 g/mol. The van der Waals surface area contributed by atoms with E-state index in [0.717, 1.165) is 24.3 Å². The first kappa shape index (κ1) is 13.9. The zero-order chi connectivity index (χ0) is 12.8. The summed E-state index contributed by atoms with van der Waals surface area (Å²) in [6, 6.07) is 0. The van der Waals surface area contributed by atoms with Crippen LogP contribution in [0.3, 0.4) is 0 Å². The molecule has 0 aromatic rings. The van der Waals surface area contributed by atoms with Crippen molar-refractivity contribution >= 4 is 11.9 Å². The first-order chi connectivity index (χ1) is 8.00. The van der Waals surface area contributed by atoms with Gasteiger partial charge in [0.1, 0.15) is 12.6 Å². The maximum absolute atomic E-state index is 11.7. The second-order valence-corrected chi connectivity index (χ2v) is 4.20. The van der Waals surface area contributed by atoms with Gasteiger partial charge in [0.25, 0.3) is 5.91 Å². The number of hydrogen-bond acceptors (Lipinski definition) is 4. The van der Waals surface area contributed by atoms with Gasteiger partial charge < -0.3 is 19.5 Å². The van der Waals surface area contributed by atoms with Crippen LogP contribution in [-0.2, 0) is 19.1 Å². The lowest BCUT2D eigenvalue weighted by Crippen LogP contribution is -2.40. The number of carbonyl (C=O) groups excluding carboxylic acids is 1. The number of aliphatic carboxylic acids is 1. The molecule has 0 bridgehead atoms. The van der Waals surface area contributed by atoms with Crippen LogP contribution < -0.4 is 0 Å². The molecule has 6 heteroatoms. The highest BCUT2D eigenvalue weighted by atomic mass is 16.5. The van der Waals surface area contributed by atoms with Crippen LogP contribution in [0.2, 0.25) is 0 Å². The summed E-state index contributed by atoms with van der Waals surface area (Å²) in [6.07, 6.45) is 1.40. The topological polar surface area (TPSA) is 76.1 Å². The van der Waals surface area contributed by atoms with Crippen molar-refractivity contribution in [2.45, 2.75) is 32.0 Å². The number of carboxylic acids is 1. The highest BCUT2D eigenvalue weighted by Crippen LogP contribution is 2.13. The second-order valence-electron chi connectivity index (χ2n) is 4.20. The lowest BCUT2D eigenvalue weighted by molar-refractivity contribution is -0.149. The van der Waals surface area contributed by atoms with Crippen molar-refractivity contribution in [3.8, 4) is 0 Å². The maximum Gasteiger partial charge on any atom is 0.323 e. The van der Waals surface area contributed by atoms with Crippen LogP contribution in [0.4, 0.5) is 0 Å². The number of amides is 1. The third-order valence-electron chi connectivity index (χ3n) is 2.65. The first-order valence-corrected chi connectivity index (χ1v) is 5.70. The number of rotatable bonds is 6. The molecule has 1 aliphatic heterocycles. The van der Waals surface area contributed by atoms with E-state index in [0.29, 0.717) is 6.61 Å². The van der Waals surface area contributed by atoms with E-state index in [-0.39, 0.29) is 18.6 Å². The van der Waals surface area contributed by atoms with E-state index in [1.807, 2.05) is 0 Å². The van der Waals surface area contributed by atoms with Crippen molar-refractivity contribution < 1.29 is 24.2 Å². The Morgan fingerprint density at radius 2 is 2.29 bits per heavy atom. The molecule has 1 fully saturated rings. The van der Waals surface area contributed by atoms with Gasteiger partial charge in [0.05, 0.1) is 12.7 Å². The molecule has 0 spiro atoms. The maximum atomic E-state index is 11.7. The van der Waals surface area contributed by atoms with Crippen LogP contribution in [0.1, 0.15) is 19.8 Å². The van der Waals surface area contributed by atoms with Gasteiger partial charge in [-0.25, -0.2) is 0 Å². The van der Waals surface area contributed by atoms with Gasteiger partial charge in [0, 0.05) is 13.7 Å². The molecule has 0 aromatic heterocycles. The van der Waals surface area contributed by atoms with Gasteiger partial charge in [0.2, 0.25) is 0 Å².